The third-order valence-electron chi connectivity index (χ3n) is 4.43. The Kier molecular flexibility index (Phi) is 6.49. The summed E-state index contributed by atoms with van der Waals surface area (Å²) in [6.45, 7) is 1.49. The van der Waals surface area contributed by atoms with Crippen LogP contribution >= 0.6 is 0 Å². The van der Waals surface area contributed by atoms with Crippen molar-refractivity contribution in [2.45, 2.75) is 30.3 Å². The number of amides is 1. The van der Waals surface area contributed by atoms with Crippen LogP contribution in [0.15, 0.2) is 41.8 Å². The molecule has 3 rings (SSSR count). The molecule has 11 nitrogen and oxygen atoms in total. The summed E-state index contributed by atoms with van der Waals surface area (Å²) in [5.41, 5.74) is 3.70. The molecule has 0 aliphatic carbocycles. The number of carbonyl (C=O) groups is 1. The number of aliphatic hydroxyl groups is 1. The van der Waals surface area contributed by atoms with Crippen LogP contribution < -0.4 is 11.1 Å². The number of sulfone groups is 1. The molecule has 0 saturated heterocycles. The van der Waals surface area contributed by atoms with E-state index < -0.39 is 50.2 Å². The maximum atomic E-state index is 13.2. The van der Waals surface area contributed by atoms with Gasteiger partial charge in [0.15, 0.2) is 21.5 Å². The summed E-state index contributed by atoms with van der Waals surface area (Å²) in [6, 6.07) is 2.32. The van der Waals surface area contributed by atoms with Gasteiger partial charge in [0.25, 0.3) is 5.91 Å². The summed E-state index contributed by atoms with van der Waals surface area (Å²) in [6.07, 6.45) is -3.21. The normalized spacial score (nSPS) is 14.0. The fourth-order valence-electron chi connectivity index (χ4n) is 2.81. The summed E-state index contributed by atoms with van der Waals surface area (Å²) >= 11 is 0. The number of aliphatic hydroxyl groups excluding tert-OH is 1. The Bertz CT molecular complexity index is 1290. The highest BCUT2D eigenvalue weighted by Crippen LogP contribution is 2.32. The van der Waals surface area contributed by atoms with Crippen molar-refractivity contribution in [3.8, 4) is 5.82 Å². The predicted octanol–water partition coefficient (Wildman–Crippen LogP) is 0.920. The second-order valence-corrected chi connectivity index (χ2v) is 9.00. The number of aromatic nitrogens is 5. The number of nitrogens with two attached hydrogens (primary N) is 1. The van der Waals surface area contributed by atoms with E-state index in [1.807, 2.05) is 0 Å². The van der Waals surface area contributed by atoms with E-state index >= 15 is 0 Å². The molecular weight excluding hydrogens is 467 g/mol. The average molecular weight is 485 g/mol. The van der Waals surface area contributed by atoms with Crippen molar-refractivity contribution in [1.82, 2.24) is 30.0 Å². The molecule has 2 heterocycles. The zero-order valence-corrected chi connectivity index (χ0v) is 18.0. The van der Waals surface area contributed by atoms with E-state index in [0.717, 1.165) is 25.0 Å². The van der Waals surface area contributed by atoms with Gasteiger partial charge in [0.05, 0.1) is 22.2 Å². The highest BCUT2D eigenvalue weighted by Gasteiger charge is 2.33. The maximum absolute atomic E-state index is 13.2. The number of halogens is 3. The third-order valence-corrected chi connectivity index (χ3v) is 5.52. The Morgan fingerprint density at radius 3 is 2.45 bits per heavy atom. The molecule has 2 atom stereocenters. The van der Waals surface area contributed by atoms with E-state index in [4.69, 9.17) is 5.73 Å². The molecular formula is C18H18F3N7O4S. The monoisotopic (exact) mass is 485 g/mol. The smallest absolute Gasteiger partial charge is 0.373 e. The van der Waals surface area contributed by atoms with Gasteiger partial charge in [-0.3, -0.25) is 4.79 Å². The quantitative estimate of drug-likeness (QED) is 0.430. The lowest BCUT2D eigenvalue weighted by atomic mass is 10.1. The lowest BCUT2D eigenvalue weighted by Crippen LogP contribution is -2.29. The second kappa shape index (κ2) is 8.84. The van der Waals surface area contributed by atoms with E-state index in [-0.39, 0.29) is 17.3 Å². The van der Waals surface area contributed by atoms with Crippen molar-refractivity contribution in [3.05, 3.63) is 59.6 Å². The first kappa shape index (κ1) is 24.2. The molecule has 0 saturated carbocycles. The predicted molar refractivity (Wildman–Crippen MR) is 107 cm³/mol. The summed E-state index contributed by atoms with van der Waals surface area (Å²) in [4.78, 5) is 23.9. The van der Waals surface area contributed by atoms with Gasteiger partial charge < -0.3 is 16.2 Å². The van der Waals surface area contributed by atoms with Crippen LogP contribution in [0.3, 0.4) is 0 Å². The molecule has 0 radical (unpaired) electrons. The maximum Gasteiger partial charge on any atom is 0.416 e. The molecule has 0 spiro atoms. The summed E-state index contributed by atoms with van der Waals surface area (Å²) in [7, 11) is -4.02. The van der Waals surface area contributed by atoms with Crippen LogP contribution in [0.25, 0.3) is 5.82 Å². The number of hydrogen-bond acceptors (Lipinski definition) is 9. The van der Waals surface area contributed by atoms with Crippen molar-refractivity contribution >= 4 is 15.7 Å². The number of hydrogen-bond donors (Lipinski definition) is 3. The van der Waals surface area contributed by atoms with E-state index in [0.29, 0.717) is 12.1 Å². The molecule has 0 aliphatic heterocycles. The number of benzene rings is 1. The minimum Gasteiger partial charge on any atom is -0.373 e. The molecule has 176 valence electrons. The molecule has 1 unspecified atom stereocenters. The van der Waals surface area contributed by atoms with Gasteiger partial charge in [-0.2, -0.15) is 23.0 Å². The minimum atomic E-state index is -4.86. The van der Waals surface area contributed by atoms with Crippen LogP contribution in [-0.2, 0) is 16.0 Å². The van der Waals surface area contributed by atoms with Crippen LogP contribution in [0.4, 0.5) is 13.2 Å². The summed E-state index contributed by atoms with van der Waals surface area (Å²) in [5.74, 6) is -0.653. The van der Waals surface area contributed by atoms with Crippen molar-refractivity contribution in [2.24, 2.45) is 5.73 Å². The largest absolute Gasteiger partial charge is 0.416 e. The Morgan fingerprint density at radius 1 is 1.15 bits per heavy atom. The summed E-state index contributed by atoms with van der Waals surface area (Å²) < 4.78 is 64.5. The zero-order valence-electron chi connectivity index (χ0n) is 17.1. The van der Waals surface area contributed by atoms with E-state index in [2.05, 4.69) is 25.4 Å². The van der Waals surface area contributed by atoms with Gasteiger partial charge in [-0.1, -0.05) is 0 Å². The van der Waals surface area contributed by atoms with Gasteiger partial charge in [-0.05, 0) is 25.1 Å². The van der Waals surface area contributed by atoms with Gasteiger partial charge >= 0.3 is 6.18 Å². The topological polar surface area (TPSA) is 166 Å². The van der Waals surface area contributed by atoms with Crippen LogP contribution in [0.2, 0.25) is 0 Å². The zero-order chi connectivity index (χ0) is 24.6. The van der Waals surface area contributed by atoms with Crippen molar-refractivity contribution in [1.29, 1.82) is 0 Å². The highest BCUT2D eigenvalue weighted by atomic mass is 32.2. The van der Waals surface area contributed by atoms with Crippen LogP contribution in [-0.4, -0.2) is 50.4 Å². The first-order valence-electron chi connectivity index (χ1n) is 9.16. The minimum absolute atomic E-state index is 0.0930. The number of alkyl halides is 3. The Hall–Kier alpha value is -3.43. The lowest BCUT2D eigenvalue weighted by Gasteiger charge is -2.16. The highest BCUT2D eigenvalue weighted by molar-refractivity contribution is 7.90. The van der Waals surface area contributed by atoms with E-state index in [1.54, 1.807) is 0 Å². The van der Waals surface area contributed by atoms with Gasteiger partial charge in [-0.15, -0.1) is 0 Å². The molecule has 4 N–H and O–H groups in total. The number of nitrogens with zero attached hydrogens (tertiary/aromatic N) is 5. The van der Waals surface area contributed by atoms with E-state index in [9.17, 15) is 31.5 Å². The molecule has 0 bridgehead atoms. The van der Waals surface area contributed by atoms with Crippen LogP contribution in [0, 0.1) is 0 Å². The van der Waals surface area contributed by atoms with Gasteiger partial charge in [0.1, 0.15) is 18.9 Å². The van der Waals surface area contributed by atoms with Crippen molar-refractivity contribution in [2.75, 3.05) is 6.26 Å². The van der Waals surface area contributed by atoms with Gasteiger partial charge in [-0.25, -0.2) is 23.4 Å². The molecule has 33 heavy (non-hydrogen) atoms. The molecule has 0 aliphatic rings. The fourth-order valence-corrected chi connectivity index (χ4v) is 3.50. The molecule has 1 amide bonds. The van der Waals surface area contributed by atoms with Crippen LogP contribution in [0.1, 0.15) is 46.6 Å². The fraction of sp³-hybridized carbons (Fsp3) is 0.278. The molecule has 1 aromatic carbocycles. The first-order chi connectivity index (χ1) is 15.3. The Morgan fingerprint density at radius 2 is 1.85 bits per heavy atom. The average Bonchev–Trinajstić information content (AvgIpc) is 3.22. The molecule has 0 fully saturated rings. The number of carbonyl (C=O) groups excluding carboxylic acids is 1. The van der Waals surface area contributed by atoms with Gasteiger partial charge in [0.2, 0.25) is 0 Å². The molecule has 2 aromatic heterocycles. The number of rotatable bonds is 6. The molecule has 15 heteroatoms. The summed E-state index contributed by atoms with van der Waals surface area (Å²) in [5, 5.41) is 15.9. The SMILES string of the molecule is C[C@H](NC(=O)c1cc(C(F)(F)F)cc(S(C)(=O)=O)c1)c1ncnn1-c1cc(C(N)O)ncn1. The Labute approximate surface area is 185 Å². The Balaban J connectivity index is 1.93. The van der Waals surface area contributed by atoms with Crippen LogP contribution in [0.5, 0.6) is 0 Å². The number of nitrogens with one attached hydrogen (secondary N) is 1. The first-order valence-corrected chi connectivity index (χ1v) is 11.1. The lowest BCUT2D eigenvalue weighted by molar-refractivity contribution is -0.137. The molecule has 3 aromatic rings. The third kappa shape index (κ3) is 5.50. The van der Waals surface area contributed by atoms with E-state index in [1.165, 1.54) is 17.7 Å². The standard InChI is InChI=1S/C18H18F3N7O4S/c1-9(16-25-8-26-28(16)14-6-13(15(22)29)23-7-24-14)27-17(30)10-3-11(18(19,20)21)5-12(4-10)33(2,31)32/h3-9,15,29H,22H2,1-2H3,(H,27,30)/t9-,15?/m0/s1. The van der Waals surface area contributed by atoms with Crippen molar-refractivity contribution in [3.63, 3.8) is 0 Å². The van der Waals surface area contributed by atoms with Crippen molar-refractivity contribution < 1.29 is 31.5 Å². The second-order valence-electron chi connectivity index (χ2n) is 6.99. The van der Waals surface area contributed by atoms with Gasteiger partial charge in [0, 0.05) is 17.9 Å².